The van der Waals surface area contributed by atoms with Crippen molar-refractivity contribution in [3.63, 3.8) is 0 Å². The molecule has 6 heteroatoms. The molecule has 120 valence electrons. The Kier molecular flexibility index (Phi) is 6.11. The van der Waals surface area contributed by atoms with E-state index >= 15 is 0 Å². The van der Waals surface area contributed by atoms with E-state index in [-0.39, 0.29) is 18.4 Å². The number of hydrogen-bond acceptors (Lipinski definition) is 4. The quantitative estimate of drug-likeness (QED) is 0.804. The van der Waals surface area contributed by atoms with Crippen molar-refractivity contribution < 1.29 is 14.3 Å². The Morgan fingerprint density at radius 3 is 2.70 bits per heavy atom. The van der Waals surface area contributed by atoms with Crippen molar-refractivity contribution in [2.45, 2.75) is 6.42 Å². The molecule has 0 unspecified atom stereocenters. The molecule has 2 rings (SSSR count). The summed E-state index contributed by atoms with van der Waals surface area (Å²) in [7, 11) is 1.62. The zero-order chi connectivity index (χ0) is 16.5. The minimum Gasteiger partial charge on any atom is -0.496 e. The fourth-order valence-electron chi connectivity index (χ4n) is 2.07. The van der Waals surface area contributed by atoms with E-state index in [0.29, 0.717) is 18.5 Å². The maximum atomic E-state index is 11.8. The average Bonchev–Trinajstić information content (AvgIpc) is 2.61. The Balaban J connectivity index is 1.72. The summed E-state index contributed by atoms with van der Waals surface area (Å²) in [5, 5.41) is 5.32. The van der Waals surface area contributed by atoms with Crippen molar-refractivity contribution >= 4 is 11.8 Å². The molecule has 0 spiro atoms. The summed E-state index contributed by atoms with van der Waals surface area (Å²) in [6.45, 7) is 0.404. The van der Waals surface area contributed by atoms with Crippen molar-refractivity contribution in [2.24, 2.45) is 0 Å². The molecule has 2 aromatic rings. The minimum absolute atomic E-state index is 0.0698. The van der Waals surface area contributed by atoms with Crippen LogP contribution in [0.3, 0.4) is 0 Å². The number of benzene rings is 1. The lowest BCUT2D eigenvalue weighted by Gasteiger charge is -2.09. The average molecular weight is 313 g/mol. The van der Waals surface area contributed by atoms with Crippen molar-refractivity contribution in [3.8, 4) is 5.75 Å². The molecule has 1 aromatic heterocycles. The Bertz CT molecular complexity index is 659. The number of ether oxygens (including phenoxy) is 1. The summed E-state index contributed by atoms with van der Waals surface area (Å²) >= 11 is 0. The van der Waals surface area contributed by atoms with Gasteiger partial charge in [-0.1, -0.05) is 18.2 Å². The van der Waals surface area contributed by atoms with E-state index < -0.39 is 0 Å². The highest BCUT2D eigenvalue weighted by atomic mass is 16.5. The summed E-state index contributed by atoms with van der Waals surface area (Å²) in [4.78, 5) is 27.4. The lowest BCUT2D eigenvalue weighted by molar-refractivity contribution is -0.120. The van der Waals surface area contributed by atoms with E-state index in [4.69, 9.17) is 4.74 Å². The van der Waals surface area contributed by atoms with E-state index in [1.54, 1.807) is 25.4 Å². The van der Waals surface area contributed by atoms with Crippen molar-refractivity contribution in [2.75, 3.05) is 20.2 Å². The number of carbonyl (C=O) groups excluding carboxylic acids is 2. The van der Waals surface area contributed by atoms with Gasteiger partial charge in [0.05, 0.1) is 19.2 Å². The van der Waals surface area contributed by atoms with Crippen molar-refractivity contribution in [1.82, 2.24) is 15.6 Å². The molecule has 1 aromatic carbocycles. The van der Waals surface area contributed by atoms with Crippen LogP contribution in [0, 0.1) is 0 Å². The molecular formula is C17H19N3O3. The van der Waals surface area contributed by atoms with E-state index in [1.165, 1.54) is 6.20 Å². The number of rotatable bonds is 7. The summed E-state index contributed by atoms with van der Waals surface area (Å²) in [5.41, 5.74) is 1.45. The molecule has 0 fully saturated rings. The van der Waals surface area contributed by atoms with Crippen LogP contribution < -0.4 is 15.4 Å². The van der Waals surface area contributed by atoms with Crippen LogP contribution in [0.2, 0.25) is 0 Å². The van der Waals surface area contributed by atoms with Crippen LogP contribution in [-0.2, 0) is 11.2 Å². The molecule has 2 N–H and O–H groups in total. The van der Waals surface area contributed by atoms with Gasteiger partial charge < -0.3 is 15.4 Å². The molecule has 0 radical (unpaired) electrons. The molecular weight excluding hydrogens is 294 g/mol. The monoisotopic (exact) mass is 313 g/mol. The van der Waals surface area contributed by atoms with Crippen LogP contribution in [0.25, 0.3) is 0 Å². The molecule has 2 amide bonds. The standard InChI is InChI=1S/C17H19N3O3/c1-23-15-7-3-2-5-13(15)8-10-19-16(21)12-20-17(22)14-6-4-9-18-11-14/h2-7,9,11H,8,10,12H2,1H3,(H,19,21)(H,20,22). The second-order valence-electron chi connectivity index (χ2n) is 4.84. The highest BCUT2D eigenvalue weighted by Crippen LogP contribution is 2.17. The van der Waals surface area contributed by atoms with Gasteiger partial charge in [-0.2, -0.15) is 0 Å². The van der Waals surface area contributed by atoms with Crippen LogP contribution in [0.4, 0.5) is 0 Å². The fraction of sp³-hybridized carbons (Fsp3) is 0.235. The first-order chi connectivity index (χ1) is 11.2. The maximum Gasteiger partial charge on any atom is 0.253 e. The summed E-state index contributed by atoms with van der Waals surface area (Å²) < 4.78 is 5.26. The molecule has 0 aliphatic heterocycles. The predicted molar refractivity (Wildman–Crippen MR) is 86.3 cm³/mol. The van der Waals surface area contributed by atoms with Gasteiger partial charge in [-0.3, -0.25) is 14.6 Å². The number of nitrogens with zero attached hydrogens (tertiary/aromatic N) is 1. The number of para-hydroxylation sites is 1. The lowest BCUT2D eigenvalue weighted by atomic mass is 10.1. The molecule has 0 saturated heterocycles. The minimum atomic E-state index is -0.321. The van der Waals surface area contributed by atoms with Gasteiger partial charge >= 0.3 is 0 Å². The third kappa shape index (κ3) is 5.10. The van der Waals surface area contributed by atoms with Crippen LogP contribution in [0.15, 0.2) is 48.8 Å². The van der Waals surface area contributed by atoms with E-state index in [0.717, 1.165) is 11.3 Å². The zero-order valence-corrected chi connectivity index (χ0v) is 12.9. The van der Waals surface area contributed by atoms with Gasteiger partial charge in [0.2, 0.25) is 5.91 Å². The first-order valence-corrected chi connectivity index (χ1v) is 7.27. The van der Waals surface area contributed by atoms with Crippen LogP contribution in [0.1, 0.15) is 15.9 Å². The molecule has 6 nitrogen and oxygen atoms in total. The third-order valence-electron chi connectivity index (χ3n) is 3.24. The zero-order valence-electron chi connectivity index (χ0n) is 12.9. The van der Waals surface area contributed by atoms with E-state index in [1.807, 2.05) is 24.3 Å². The highest BCUT2D eigenvalue weighted by molar-refractivity contribution is 5.96. The Labute approximate surface area is 134 Å². The van der Waals surface area contributed by atoms with Gasteiger partial charge in [0, 0.05) is 18.9 Å². The number of amides is 2. The van der Waals surface area contributed by atoms with Crippen molar-refractivity contribution in [1.29, 1.82) is 0 Å². The normalized spacial score (nSPS) is 9.96. The smallest absolute Gasteiger partial charge is 0.253 e. The molecule has 0 saturated carbocycles. The fourth-order valence-corrected chi connectivity index (χ4v) is 2.07. The van der Waals surface area contributed by atoms with Gasteiger partial charge in [-0.25, -0.2) is 0 Å². The first-order valence-electron chi connectivity index (χ1n) is 7.27. The number of pyridine rings is 1. The third-order valence-corrected chi connectivity index (χ3v) is 3.24. The number of carbonyl (C=O) groups is 2. The van der Waals surface area contributed by atoms with Gasteiger partial charge in [0.1, 0.15) is 5.75 Å². The largest absolute Gasteiger partial charge is 0.496 e. The Morgan fingerprint density at radius 1 is 1.13 bits per heavy atom. The lowest BCUT2D eigenvalue weighted by Crippen LogP contribution is -2.37. The summed E-state index contributed by atoms with van der Waals surface area (Å²) in [6, 6.07) is 11.0. The molecule has 23 heavy (non-hydrogen) atoms. The van der Waals surface area contributed by atoms with E-state index in [2.05, 4.69) is 15.6 Å². The molecule has 0 atom stereocenters. The second kappa shape index (κ2) is 8.53. The number of hydrogen-bond donors (Lipinski definition) is 2. The van der Waals surface area contributed by atoms with Crippen LogP contribution in [-0.4, -0.2) is 37.0 Å². The Morgan fingerprint density at radius 2 is 1.96 bits per heavy atom. The van der Waals surface area contributed by atoms with Gasteiger partial charge in [0.15, 0.2) is 0 Å². The molecule has 0 bridgehead atoms. The Hall–Kier alpha value is -2.89. The molecule has 0 aliphatic rings. The number of nitrogens with one attached hydrogen (secondary N) is 2. The number of aromatic nitrogens is 1. The molecule has 1 heterocycles. The van der Waals surface area contributed by atoms with E-state index in [9.17, 15) is 9.59 Å². The summed E-state index contributed by atoms with van der Waals surface area (Å²) in [5.74, 6) is 0.238. The SMILES string of the molecule is COc1ccccc1CCNC(=O)CNC(=O)c1cccnc1. The predicted octanol–water partition coefficient (Wildman–Crippen LogP) is 1.18. The van der Waals surface area contributed by atoms with Gasteiger partial charge in [0.25, 0.3) is 5.91 Å². The first kappa shape index (κ1) is 16.5. The topological polar surface area (TPSA) is 80.3 Å². The second-order valence-corrected chi connectivity index (χ2v) is 4.84. The highest BCUT2D eigenvalue weighted by Gasteiger charge is 2.08. The van der Waals surface area contributed by atoms with Gasteiger partial charge in [-0.05, 0) is 30.2 Å². The van der Waals surface area contributed by atoms with Gasteiger partial charge in [-0.15, -0.1) is 0 Å². The van der Waals surface area contributed by atoms with Crippen molar-refractivity contribution in [3.05, 3.63) is 59.9 Å². The maximum absolute atomic E-state index is 11.8. The number of methoxy groups -OCH3 is 1. The summed E-state index contributed by atoms with van der Waals surface area (Å²) in [6.07, 6.45) is 3.70. The van der Waals surface area contributed by atoms with Crippen LogP contribution >= 0.6 is 0 Å². The van der Waals surface area contributed by atoms with Crippen LogP contribution in [0.5, 0.6) is 5.75 Å². The molecule has 0 aliphatic carbocycles.